The van der Waals surface area contributed by atoms with Gasteiger partial charge in [-0.15, -0.1) is 11.3 Å². The van der Waals surface area contributed by atoms with Crippen molar-refractivity contribution in [2.75, 3.05) is 13.2 Å². The molecule has 14 heavy (non-hydrogen) atoms. The number of hydrogen-bond acceptors (Lipinski definition) is 4. The van der Waals surface area contributed by atoms with Crippen LogP contribution in [0.4, 0.5) is 0 Å². The molecule has 2 heterocycles. The molecule has 1 aliphatic heterocycles. The molecule has 0 bridgehead atoms. The van der Waals surface area contributed by atoms with Gasteiger partial charge in [-0.3, -0.25) is 4.98 Å². The Kier molecular flexibility index (Phi) is 3.50. The van der Waals surface area contributed by atoms with E-state index in [2.05, 4.69) is 4.98 Å². The first-order valence-corrected chi connectivity index (χ1v) is 5.87. The van der Waals surface area contributed by atoms with Crippen molar-refractivity contribution in [3.63, 3.8) is 0 Å². The van der Waals surface area contributed by atoms with Gasteiger partial charge in [0.15, 0.2) is 0 Å². The number of aliphatic hydroxyl groups is 1. The molecule has 1 N–H and O–H groups in total. The lowest BCUT2D eigenvalue weighted by Crippen LogP contribution is -2.28. The van der Waals surface area contributed by atoms with Crippen molar-refractivity contribution in [1.29, 1.82) is 0 Å². The third-order valence-corrected chi connectivity index (χ3v) is 3.51. The van der Waals surface area contributed by atoms with Gasteiger partial charge in [0.05, 0.1) is 11.6 Å². The van der Waals surface area contributed by atoms with Crippen molar-refractivity contribution in [2.45, 2.75) is 25.4 Å². The summed E-state index contributed by atoms with van der Waals surface area (Å²) < 4.78 is 5.26. The molecule has 0 aromatic carbocycles. The summed E-state index contributed by atoms with van der Waals surface area (Å²) >= 11 is 1.61. The summed E-state index contributed by atoms with van der Waals surface area (Å²) in [5.74, 6) is 0.408. The van der Waals surface area contributed by atoms with E-state index in [9.17, 15) is 5.11 Å². The summed E-state index contributed by atoms with van der Waals surface area (Å²) in [5.41, 5.74) is 1.81. The lowest BCUT2D eigenvalue weighted by atomic mass is 9.92. The van der Waals surface area contributed by atoms with Gasteiger partial charge in [-0.05, 0) is 18.8 Å². The lowest BCUT2D eigenvalue weighted by Gasteiger charge is -2.26. The Morgan fingerprint density at radius 3 is 3.00 bits per heavy atom. The molecule has 3 nitrogen and oxygen atoms in total. The Labute approximate surface area is 87.7 Å². The predicted octanol–water partition coefficient (Wildman–Crippen LogP) is 1.47. The Bertz CT molecular complexity index is 257. The maximum Gasteiger partial charge on any atom is 0.0794 e. The summed E-state index contributed by atoms with van der Waals surface area (Å²) in [6, 6.07) is 0. The number of thiazole rings is 1. The standard InChI is InChI=1S/C10H15NO2S/c12-10(5-9-6-11-7-14-9)8-1-3-13-4-2-8/h6-8,10,12H,1-5H2. The average Bonchev–Trinajstić information content (AvgIpc) is 2.72. The Morgan fingerprint density at radius 2 is 2.36 bits per heavy atom. The molecule has 1 aliphatic rings. The lowest BCUT2D eigenvalue weighted by molar-refractivity contribution is 0.00866. The molecule has 1 aromatic heterocycles. The van der Waals surface area contributed by atoms with Crippen LogP contribution < -0.4 is 0 Å². The van der Waals surface area contributed by atoms with Crippen LogP contribution in [0.25, 0.3) is 0 Å². The van der Waals surface area contributed by atoms with Crippen molar-refractivity contribution in [3.8, 4) is 0 Å². The van der Waals surface area contributed by atoms with Crippen molar-refractivity contribution >= 4 is 11.3 Å². The van der Waals surface area contributed by atoms with Crippen molar-refractivity contribution < 1.29 is 9.84 Å². The van der Waals surface area contributed by atoms with Gasteiger partial charge in [0.1, 0.15) is 0 Å². The van der Waals surface area contributed by atoms with Gasteiger partial charge >= 0.3 is 0 Å². The fraction of sp³-hybridized carbons (Fsp3) is 0.700. The van der Waals surface area contributed by atoms with Crippen LogP contribution in [0.1, 0.15) is 17.7 Å². The van der Waals surface area contributed by atoms with Crippen LogP contribution in [0, 0.1) is 5.92 Å². The SMILES string of the molecule is OC(Cc1cncs1)C1CCOCC1. The summed E-state index contributed by atoms with van der Waals surface area (Å²) in [6.45, 7) is 1.59. The molecule has 2 rings (SSSR count). The van der Waals surface area contributed by atoms with Crippen LogP contribution in [0.3, 0.4) is 0 Å². The molecule has 1 saturated heterocycles. The van der Waals surface area contributed by atoms with Crippen LogP contribution in [0.2, 0.25) is 0 Å². The van der Waals surface area contributed by atoms with Crippen LogP contribution in [-0.2, 0) is 11.2 Å². The van der Waals surface area contributed by atoms with Gasteiger partial charge in [-0.1, -0.05) is 0 Å². The highest BCUT2D eigenvalue weighted by Crippen LogP contribution is 2.22. The van der Waals surface area contributed by atoms with Crippen LogP contribution in [0.5, 0.6) is 0 Å². The van der Waals surface area contributed by atoms with Crippen LogP contribution in [-0.4, -0.2) is 29.4 Å². The smallest absolute Gasteiger partial charge is 0.0794 e. The van der Waals surface area contributed by atoms with E-state index < -0.39 is 0 Å². The van der Waals surface area contributed by atoms with Gasteiger partial charge in [0.25, 0.3) is 0 Å². The van der Waals surface area contributed by atoms with E-state index in [0.29, 0.717) is 5.92 Å². The molecule has 4 heteroatoms. The van der Waals surface area contributed by atoms with Crippen molar-refractivity contribution in [1.82, 2.24) is 4.98 Å². The van der Waals surface area contributed by atoms with E-state index in [1.165, 1.54) is 4.88 Å². The Morgan fingerprint density at radius 1 is 1.57 bits per heavy atom. The molecular weight excluding hydrogens is 198 g/mol. The van der Waals surface area contributed by atoms with E-state index >= 15 is 0 Å². The first kappa shape index (κ1) is 10.1. The second-order valence-corrected chi connectivity index (χ2v) is 4.66. The highest BCUT2D eigenvalue weighted by Gasteiger charge is 2.22. The van der Waals surface area contributed by atoms with E-state index in [0.717, 1.165) is 32.5 Å². The summed E-state index contributed by atoms with van der Waals surface area (Å²) in [6.07, 6.45) is 4.34. The van der Waals surface area contributed by atoms with Crippen LogP contribution in [0.15, 0.2) is 11.7 Å². The van der Waals surface area contributed by atoms with Gasteiger partial charge in [-0.2, -0.15) is 0 Å². The van der Waals surface area contributed by atoms with Gasteiger partial charge < -0.3 is 9.84 Å². The summed E-state index contributed by atoms with van der Waals surface area (Å²) in [5, 5.41) is 9.97. The molecule has 0 saturated carbocycles. The summed E-state index contributed by atoms with van der Waals surface area (Å²) in [7, 11) is 0. The topological polar surface area (TPSA) is 42.4 Å². The zero-order valence-electron chi connectivity index (χ0n) is 8.06. The quantitative estimate of drug-likeness (QED) is 0.827. The summed E-state index contributed by atoms with van der Waals surface area (Å²) in [4.78, 5) is 5.17. The molecule has 1 unspecified atom stereocenters. The fourth-order valence-electron chi connectivity index (χ4n) is 1.82. The van der Waals surface area contributed by atoms with Crippen LogP contribution >= 0.6 is 11.3 Å². The third kappa shape index (κ3) is 2.53. The molecular formula is C10H15NO2S. The first-order chi connectivity index (χ1) is 6.86. The number of rotatable bonds is 3. The molecule has 78 valence electrons. The highest BCUT2D eigenvalue weighted by atomic mass is 32.1. The number of hydrogen-bond donors (Lipinski definition) is 1. The Hall–Kier alpha value is -0.450. The van der Waals surface area contributed by atoms with E-state index in [1.807, 2.05) is 11.7 Å². The van der Waals surface area contributed by atoms with Crippen molar-refractivity contribution in [2.24, 2.45) is 5.92 Å². The predicted molar refractivity (Wildman–Crippen MR) is 55.4 cm³/mol. The molecule has 0 amide bonds. The maximum absolute atomic E-state index is 9.97. The van der Waals surface area contributed by atoms with Crippen molar-refractivity contribution in [3.05, 3.63) is 16.6 Å². The molecule has 1 atom stereocenters. The van der Waals surface area contributed by atoms with Gasteiger partial charge in [0.2, 0.25) is 0 Å². The first-order valence-electron chi connectivity index (χ1n) is 4.99. The number of ether oxygens (including phenoxy) is 1. The minimum atomic E-state index is -0.223. The second-order valence-electron chi connectivity index (χ2n) is 3.69. The largest absolute Gasteiger partial charge is 0.392 e. The monoisotopic (exact) mass is 213 g/mol. The highest BCUT2D eigenvalue weighted by molar-refractivity contribution is 7.09. The zero-order valence-corrected chi connectivity index (χ0v) is 8.87. The molecule has 0 aliphatic carbocycles. The molecule has 1 aromatic rings. The molecule has 1 fully saturated rings. The molecule has 0 radical (unpaired) electrons. The molecule has 0 spiro atoms. The minimum absolute atomic E-state index is 0.223. The maximum atomic E-state index is 9.97. The number of nitrogens with zero attached hydrogens (tertiary/aromatic N) is 1. The normalized spacial score (nSPS) is 20.9. The minimum Gasteiger partial charge on any atom is -0.392 e. The van der Waals surface area contributed by atoms with E-state index in [1.54, 1.807) is 11.3 Å². The Balaban J connectivity index is 1.85. The third-order valence-electron chi connectivity index (χ3n) is 2.70. The van der Waals surface area contributed by atoms with Gasteiger partial charge in [0, 0.05) is 30.7 Å². The number of aliphatic hydroxyl groups excluding tert-OH is 1. The van der Waals surface area contributed by atoms with E-state index in [-0.39, 0.29) is 6.10 Å². The average molecular weight is 213 g/mol. The second kappa shape index (κ2) is 4.87. The van der Waals surface area contributed by atoms with Gasteiger partial charge in [-0.25, -0.2) is 0 Å². The van der Waals surface area contributed by atoms with E-state index in [4.69, 9.17) is 4.74 Å². The number of aromatic nitrogens is 1. The fourth-order valence-corrected chi connectivity index (χ4v) is 2.46. The zero-order chi connectivity index (χ0) is 9.80.